The average molecular weight is 478 g/mol. The molecule has 0 heterocycles. The second-order valence-corrected chi connectivity index (χ2v) is 8.15. The first-order valence-electron chi connectivity index (χ1n) is 11.7. The van der Waals surface area contributed by atoms with Crippen molar-refractivity contribution in [2.45, 2.75) is 33.1 Å². The summed E-state index contributed by atoms with van der Waals surface area (Å²) >= 11 is 0. The summed E-state index contributed by atoms with van der Waals surface area (Å²) < 4.78 is 5.24. The number of hydrogen-bond acceptors (Lipinski definition) is 6. The second kappa shape index (κ2) is 11.9. The molecule has 0 radical (unpaired) electrons. The van der Waals surface area contributed by atoms with Crippen LogP contribution >= 0.6 is 0 Å². The molecule has 0 aliphatic heterocycles. The minimum Gasteiger partial charge on any atom is -0.495 e. The molecule has 0 fully saturated rings. The van der Waals surface area contributed by atoms with Gasteiger partial charge in [-0.05, 0) is 68.5 Å². The Labute approximate surface area is 205 Å². The minimum absolute atomic E-state index is 0.212. The van der Waals surface area contributed by atoms with Crippen LogP contribution in [0.3, 0.4) is 0 Å². The fourth-order valence-corrected chi connectivity index (χ4v) is 4.03. The van der Waals surface area contributed by atoms with Crippen molar-refractivity contribution >= 4 is 28.7 Å². The van der Waals surface area contributed by atoms with Crippen LogP contribution in [0.1, 0.15) is 41.8 Å². The Morgan fingerprint density at radius 2 is 1.57 bits per heavy atom. The van der Waals surface area contributed by atoms with Crippen molar-refractivity contribution in [3.8, 4) is 5.75 Å². The largest absolute Gasteiger partial charge is 0.495 e. The van der Waals surface area contributed by atoms with Gasteiger partial charge in [0.15, 0.2) is 0 Å². The summed E-state index contributed by atoms with van der Waals surface area (Å²) in [6.07, 6.45) is 2.95. The number of nitro groups is 1. The first-order chi connectivity index (χ1) is 16.9. The number of carbonyl (C=O) groups is 1. The Bertz CT molecular complexity index is 1160. The first kappa shape index (κ1) is 25.6. The normalized spacial score (nSPS) is 10.6. The Hall–Kier alpha value is -4.07. The van der Waals surface area contributed by atoms with Gasteiger partial charge in [0.05, 0.1) is 17.7 Å². The molecule has 3 aromatic carbocycles. The van der Waals surface area contributed by atoms with Crippen LogP contribution in [0.15, 0.2) is 60.7 Å². The molecule has 0 aromatic heterocycles. The van der Waals surface area contributed by atoms with E-state index in [0.717, 1.165) is 44.1 Å². The number of aromatic carboxylic acids is 1. The highest BCUT2D eigenvalue weighted by atomic mass is 16.6. The molecule has 0 unspecified atom stereocenters. The summed E-state index contributed by atoms with van der Waals surface area (Å²) in [6, 6.07) is 18.9. The molecule has 35 heavy (non-hydrogen) atoms. The minimum atomic E-state index is -1.38. The molecule has 0 aliphatic rings. The van der Waals surface area contributed by atoms with E-state index in [0.29, 0.717) is 5.69 Å². The van der Waals surface area contributed by atoms with Crippen molar-refractivity contribution < 1.29 is 19.6 Å². The zero-order valence-corrected chi connectivity index (χ0v) is 20.3. The van der Waals surface area contributed by atoms with Crippen molar-refractivity contribution in [1.29, 1.82) is 0 Å². The Kier molecular flexibility index (Phi) is 8.67. The first-order valence-corrected chi connectivity index (χ1v) is 11.7. The van der Waals surface area contributed by atoms with E-state index in [1.807, 2.05) is 24.3 Å². The van der Waals surface area contributed by atoms with Gasteiger partial charge in [-0.25, -0.2) is 4.79 Å². The third-order valence-corrected chi connectivity index (χ3v) is 5.97. The summed E-state index contributed by atoms with van der Waals surface area (Å²) in [6.45, 7) is 6.32. The van der Waals surface area contributed by atoms with Crippen molar-refractivity contribution in [2.75, 3.05) is 30.4 Å². The highest BCUT2D eigenvalue weighted by molar-refractivity contribution is 5.94. The zero-order chi connectivity index (χ0) is 25.4. The summed E-state index contributed by atoms with van der Waals surface area (Å²) in [4.78, 5) is 24.3. The maximum absolute atomic E-state index is 11.4. The standard InChI is InChI=1S/C27H31N3O5/c1-4-29(5-2)22-15-11-20(12-16-22)8-6-7-19-9-13-21(14-10-19)28-24-18-25(30(33)34)23(27(31)32)17-26(24)35-3/h9-18,28H,4-8H2,1-3H3,(H,31,32). The van der Waals surface area contributed by atoms with E-state index >= 15 is 0 Å². The molecule has 0 aliphatic carbocycles. The number of hydrogen-bond donors (Lipinski definition) is 2. The van der Waals surface area contributed by atoms with Gasteiger partial charge in [0.2, 0.25) is 0 Å². The van der Waals surface area contributed by atoms with Gasteiger partial charge in [-0.2, -0.15) is 0 Å². The summed E-state index contributed by atoms with van der Waals surface area (Å²) in [5, 5.41) is 23.7. The predicted molar refractivity (Wildman–Crippen MR) is 138 cm³/mol. The van der Waals surface area contributed by atoms with Crippen molar-refractivity contribution in [3.05, 3.63) is 87.5 Å². The van der Waals surface area contributed by atoms with Gasteiger partial charge in [0.25, 0.3) is 5.69 Å². The third-order valence-electron chi connectivity index (χ3n) is 5.97. The quantitative estimate of drug-likeness (QED) is 0.241. The number of anilines is 3. The van der Waals surface area contributed by atoms with E-state index in [2.05, 4.69) is 48.3 Å². The molecule has 3 aromatic rings. The molecule has 184 valence electrons. The van der Waals surface area contributed by atoms with Crippen molar-refractivity contribution in [3.63, 3.8) is 0 Å². The van der Waals surface area contributed by atoms with Gasteiger partial charge >= 0.3 is 5.97 Å². The number of nitrogens with zero attached hydrogens (tertiary/aromatic N) is 2. The number of ether oxygens (including phenoxy) is 1. The van der Waals surface area contributed by atoms with Crippen LogP contribution in [0.2, 0.25) is 0 Å². The van der Waals surface area contributed by atoms with Crippen LogP contribution in [-0.2, 0) is 12.8 Å². The summed E-state index contributed by atoms with van der Waals surface area (Å²) in [7, 11) is 1.39. The number of nitro benzene ring substituents is 1. The lowest BCUT2D eigenvalue weighted by Crippen LogP contribution is -2.21. The lowest BCUT2D eigenvalue weighted by molar-refractivity contribution is -0.385. The molecule has 0 amide bonds. The molecular formula is C27H31N3O5. The zero-order valence-electron chi connectivity index (χ0n) is 20.3. The Balaban J connectivity index is 1.62. The van der Waals surface area contributed by atoms with Gasteiger partial charge in [-0.1, -0.05) is 24.3 Å². The number of benzene rings is 3. The molecule has 3 rings (SSSR count). The smallest absolute Gasteiger partial charge is 0.342 e. The molecule has 0 atom stereocenters. The summed E-state index contributed by atoms with van der Waals surface area (Å²) in [5.74, 6) is -1.17. The molecule has 8 nitrogen and oxygen atoms in total. The fraction of sp³-hybridized carbons (Fsp3) is 0.296. The van der Waals surface area contributed by atoms with Crippen LogP contribution in [-0.4, -0.2) is 36.2 Å². The van der Waals surface area contributed by atoms with Gasteiger partial charge in [0.1, 0.15) is 11.3 Å². The number of carboxylic acids is 1. The number of carboxylic acid groups (broad SMARTS) is 1. The average Bonchev–Trinajstić information content (AvgIpc) is 2.86. The molecule has 0 spiro atoms. The molecule has 0 saturated heterocycles. The molecule has 8 heteroatoms. The third kappa shape index (κ3) is 6.50. The van der Waals surface area contributed by atoms with E-state index in [1.165, 1.54) is 30.0 Å². The number of rotatable bonds is 12. The monoisotopic (exact) mass is 477 g/mol. The maximum atomic E-state index is 11.4. The van der Waals surface area contributed by atoms with Crippen LogP contribution in [0.25, 0.3) is 0 Å². The van der Waals surface area contributed by atoms with Gasteiger partial charge in [-0.3, -0.25) is 10.1 Å². The topological polar surface area (TPSA) is 105 Å². The van der Waals surface area contributed by atoms with Crippen LogP contribution < -0.4 is 15.0 Å². The van der Waals surface area contributed by atoms with E-state index in [9.17, 15) is 20.0 Å². The molecule has 0 bridgehead atoms. The fourth-order valence-electron chi connectivity index (χ4n) is 4.03. The maximum Gasteiger partial charge on any atom is 0.342 e. The highest BCUT2D eigenvalue weighted by Gasteiger charge is 2.23. The number of methoxy groups -OCH3 is 1. The van der Waals surface area contributed by atoms with Gasteiger partial charge in [-0.15, -0.1) is 0 Å². The Morgan fingerprint density at radius 3 is 2.06 bits per heavy atom. The van der Waals surface area contributed by atoms with E-state index in [4.69, 9.17) is 4.74 Å². The molecule has 2 N–H and O–H groups in total. The Morgan fingerprint density at radius 1 is 1.00 bits per heavy atom. The van der Waals surface area contributed by atoms with E-state index in [-0.39, 0.29) is 5.75 Å². The van der Waals surface area contributed by atoms with Crippen LogP contribution in [0, 0.1) is 10.1 Å². The lowest BCUT2D eigenvalue weighted by Gasteiger charge is -2.21. The molecular weight excluding hydrogens is 446 g/mol. The molecule has 0 saturated carbocycles. The number of aryl methyl sites for hydroxylation is 2. The van der Waals surface area contributed by atoms with Crippen molar-refractivity contribution in [1.82, 2.24) is 0 Å². The SMILES string of the molecule is CCN(CC)c1ccc(CCCc2ccc(Nc3cc([N+](=O)[O-])c(C(=O)O)cc3OC)cc2)cc1. The van der Waals surface area contributed by atoms with Gasteiger partial charge in [0, 0.05) is 36.6 Å². The van der Waals surface area contributed by atoms with E-state index in [1.54, 1.807) is 0 Å². The van der Waals surface area contributed by atoms with Crippen LogP contribution in [0.5, 0.6) is 5.75 Å². The predicted octanol–water partition coefficient (Wildman–Crippen LogP) is 6.07. The number of nitrogens with one attached hydrogen (secondary N) is 1. The van der Waals surface area contributed by atoms with Crippen molar-refractivity contribution in [2.24, 2.45) is 0 Å². The summed E-state index contributed by atoms with van der Waals surface area (Å²) in [5.41, 5.74) is 3.88. The highest BCUT2D eigenvalue weighted by Crippen LogP contribution is 2.35. The van der Waals surface area contributed by atoms with Gasteiger partial charge < -0.3 is 20.1 Å². The van der Waals surface area contributed by atoms with E-state index < -0.39 is 22.1 Å². The van der Waals surface area contributed by atoms with Crippen LogP contribution in [0.4, 0.5) is 22.7 Å². The lowest BCUT2D eigenvalue weighted by atomic mass is 10.0. The second-order valence-electron chi connectivity index (χ2n) is 8.15.